The summed E-state index contributed by atoms with van der Waals surface area (Å²) in [4.78, 5) is 12.3. The van der Waals surface area contributed by atoms with Gasteiger partial charge < -0.3 is 10.4 Å². The monoisotopic (exact) mass is 355 g/mol. The molecule has 2 aromatic rings. The van der Waals surface area contributed by atoms with Crippen LogP contribution in [0.4, 0.5) is 0 Å². The number of benzene rings is 1. The lowest BCUT2D eigenvalue weighted by atomic mass is 10.1. The van der Waals surface area contributed by atoms with Gasteiger partial charge in [0, 0.05) is 12.1 Å². The molecule has 1 heterocycles. The smallest absolute Gasteiger partial charge is 0.220 e. The van der Waals surface area contributed by atoms with Gasteiger partial charge in [-0.3, -0.25) is 9.48 Å². The summed E-state index contributed by atoms with van der Waals surface area (Å²) >= 11 is 0. The highest BCUT2D eigenvalue weighted by molar-refractivity contribution is 5.76. The van der Waals surface area contributed by atoms with E-state index in [1.54, 1.807) is 0 Å². The van der Waals surface area contributed by atoms with Crippen LogP contribution in [0.1, 0.15) is 35.9 Å². The summed E-state index contributed by atoms with van der Waals surface area (Å²) in [6.07, 6.45) is 1.65. The maximum Gasteiger partial charge on any atom is 0.220 e. The first-order chi connectivity index (χ1) is 12.4. The summed E-state index contributed by atoms with van der Waals surface area (Å²) in [5, 5.41) is 17.0. The fourth-order valence-electron chi connectivity index (χ4n) is 3.10. The average molecular weight is 355 g/mol. The predicted molar refractivity (Wildman–Crippen MR) is 104 cm³/mol. The van der Waals surface area contributed by atoms with Crippen molar-refractivity contribution in [2.24, 2.45) is 0 Å². The zero-order valence-corrected chi connectivity index (χ0v) is 16.0. The SMILES string of the molecule is C=C(C)Cn1nc(C)c(CCC(=O)NC(CO)Cc2ccccc2)c1C. The molecule has 2 rings (SSSR count). The highest BCUT2D eigenvalue weighted by Crippen LogP contribution is 2.16. The van der Waals surface area contributed by atoms with E-state index >= 15 is 0 Å². The second-order valence-corrected chi connectivity index (χ2v) is 6.90. The molecule has 140 valence electrons. The van der Waals surface area contributed by atoms with Gasteiger partial charge in [-0.1, -0.05) is 42.5 Å². The van der Waals surface area contributed by atoms with Crippen LogP contribution in [0, 0.1) is 13.8 Å². The molecule has 5 heteroatoms. The van der Waals surface area contributed by atoms with Crippen LogP contribution in [0.25, 0.3) is 0 Å². The standard InChI is InChI=1S/C21H29N3O2/c1-15(2)13-24-17(4)20(16(3)23-24)10-11-21(26)22-19(14-25)12-18-8-6-5-7-9-18/h5-9,19,25H,1,10-14H2,2-4H3,(H,22,26). The number of nitrogens with one attached hydrogen (secondary N) is 1. The van der Waals surface area contributed by atoms with E-state index in [9.17, 15) is 9.90 Å². The minimum atomic E-state index is -0.266. The first kappa shape index (κ1) is 19.9. The molecule has 26 heavy (non-hydrogen) atoms. The van der Waals surface area contributed by atoms with Gasteiger partial charge in [-0.15, -0.1) is 0 Å². The van der Waals surface area contributed by atoms with Gasteiger partial charge >= 0.3 is 0 Å². The number of carbonyl (C=O) groups is 1. The van der Waals surface area contributed by atoms with Crippen molar-refractivity contribution in [1.29, 1.82) is 0 Å². The normalized spacial score (nSPS) is 12.0. The van der Waals surface area contributed by atoms with Gasteiger partial charge in [0.05, 0.1) is 24.9 Å². The van der Waals surface area contributed by atoms with Crippen molar-refractivity contribution in [1.82, 2.24) is 15.1 Å². The van der Waals surface area contributed by atoms with Crippen LogP contribution in [-0.4, -0.2) is 33.4 Å². The topological polar surface area (TPSA) is 67.2 Å². The number of aliphatic hydroxyl groups is 1. The number of aryl methyl sites for hydroxylation is 1. The highest BCUT2D eigenvalue weighted by Gasteiger charge is 2.15. The zero-order valence-electron chi connectivity index (χ0n) is 16.0. The number of hydrogen-bond donors (Lipinski definition) is 2. The summed E-state index contributed by atoms with van der Waals surface area (Å²) in [5.41, 5.74) is 5.30. The Bertz CT molecular complexity index is 750. The van der Waals surface area contributed by atoms with Crippen molar-refractivity contribution in [2.45, 2.75) is 52.6 Å². The molecular formula is C21H29N3O2. The summed E-state index contributed by atoms with van der Waals surface area (Å²) in [6.45, 7) is 10.5. The predicted octanol–water partition coefficient (Wildman–Crippen LogP) is 2.73. The van der Waals surface area contributed by atoms with E-state index in [2.05, 4.69) is 17.0 Å². The van der Waals surface area contributed by atoms with Crippen molar-refractivity contribution in [3.8, 4) is 0 Å². The molecule has 0 aliphatic rings. The molecule has 0 saturated carbocycles. The number of hydrogen-bond acceptors (Lipinski definition) is 3. The number of rotatable bonds is 9. The average Bonchev–Trinajstić information content (AvgIpc) is 2.86. The zero-order chi connectivity index (χ0) is 19.1. The Morgan fingerprint density at radius 1 is 1.31 bits per heavy atom. The number of carbonyl (C=O) groups excluding carboxylic acids is 1. The van der Waals surface area contributed by atoms with Gasteiger partial charge in [0.25, 0.3) is 0 Å². The van der Waals surface area contributed by atoms with E-state index in [1.165, 1.54) is 0 Å². The van der Waals surface area contributed by atoms with Crippen LogP contribution < -0.4 is 5.32 Å². The fourth-order valence-corrected chi connectivity index (χ4v) is 3.10. The van der Waals surface area contributed by atoms with Crippen molar-refractivity contribution in [3.05, 3.63) is 65.0 Å². The van der Waals surface area contributed by atoms with E-state index in [0.29, 0.717) is 25.8 Å². The fraction of sp³-hybridized carbons (Fsp3) is 0.429. The van der Waals surface area contributed by atoms with Gasteiger partial charge in [0.1, 0.15) is 0 Å². The molecule has 1 unspecified atom stereocenters. The van der Waals surface area contributed by atoms with E-state index in [4.69, 9.17) is 0 Å². The number of aromatic nitrogens is 2. The number of allylic oxidation sites excluding steroid dienone is 1. The Hall–Kier alpha value is -2.40. The van der Waals surface area contributed by atoms with Crippen LogP contribution in [0.3, 0.4) is 0 Å². The summed E-state index contributed by atoms with van der Waals surface area (Å²) in [5.74, 6) is -0.0496. The van der Waals surface area contributed by atoms with E-state index in [0.717, 1.165) is 28.1 Å². The molecule has 0 aliphatic heterocycles. The Kier molecular flexibility index (Phi) is 7.16. The second-order valence-electron chi connectivity index (χ2n) is 6.90. The molecule has 5 nitrogen and oxygen atoms in total. The van der Waals surface area contributed by atoms with Gasteiger partial charge in [-0.05, 0) is 44.7 Å². The molecule has 1 aromatic heterocycles. The lowest BCUT2D eigenvalue weighted by Crippen LogP contribution is -2.39. The van der Waals surface area contributed by atoms with E-state index in [1.807, 2.05) is 55.8 Å². The third kappa shape index (κ3) is 5.56. The van der Waals surface area contributed by atoms with Crippen molar-refractivity contribution < 1.29 is 9.90 Å². The molecule has 0 saturated heterocycles. The number of aliphatic hydroxyl groups excluding tert-OH is 1. The van der Waals surface area contributed by atoms with Crippen LogP contribution >= 0.6 is 0 Å². The molecule has 1 atom stereocenters. The maximum atomic E-state index is 12.3. The molecule has 0 aliphatic carbocycles. The molecular weight excluding hydrogens is 326 g/mol. The molecule has 1 aromatic carbocycles. The Balaban J connectivity index is 1.91. The van der Waals surface area contributed by atoms with Crippen LogP contribution in [0.15, 0.2) is 42.5 Å². The number of nitrogens with zero attached hydrogens (tertiary/aromatic N) is 2. The minimum Gasteiger partial charge on any atom is -0.394 e. The number of amides is 1. The van der Waals surface area contributed by atoms with Crippen molar-refractivity contribution >= 4 is 5.91 Å². The molecule has 0 bridgehead atoms. The summed E-state index contributed by atoms with van der Waals surface area (Å²) in [6, 6.07) is 9.60. The third-order valence-corrected chi connectivity index (χ3v) is 4.46. The largest absolute Gasteiger partial charge is 0.394 e. The highest BCUT2D eigenvalue weighted by atomic mass is 16.3. The van der Waals surface area contributed by atoms with Crippen LogP contribution in [0.2, 0.25) is 0 Å². The van der Waals surface area contributed by atoms with Gasteiger partial charge in [0.15, 0.2) is 0 Å². The van der Waals surface area contributed by atoms with Crippen molar-refractivity contribution in [2.75, 3.05) is 6.61 Å². The maximum absolute atomic E-state index is 12.3. The van der Waals surface area contributed by atoms with Crippen molar-refractivity contribution in [3.63, 3.8) is 0 Å². The third-order valence-electron chi connectivity index (χ3n) is 4.46. The van der Waals surface area contributed by atoms with E-state index < -0.39 is 0 Å². The Morgan fingerprint density at radius 2 is 2.00 bits per heavy atom. The molecule has 2 N–H and O–H groups in total. The summed E-state index contributed by atoms with van der Waals surface area (Å²) < 4.78 is 1.94. The lowest BCUT2D eigenvalue weighted by molar-refractivity contribution is -0.122. The molecule has 1 amide bonds. The Labute approximate surface area is 155 Å². The second kappa shape index (κ2) is 9.34. The lowest BCUT2D eigenvalue weighted by Gasteiger charge is -2.16. The molecule has 0 radical (unpaired) electrons. The summed E-state index contributed by atoms with van der Waals surface area (Å²) in [7, 11) is 0. The van der Waals surface area contributed by atoms with Crippen LogP contribution in [-0.2, 0) is 24.2 Å². The molecule has 0 fully saturated rings. The van der Waals surface area contributed by atoms with Gasteiger partial charge in [-0.2, -0.15) is 5.10 Å². The first-order valence-electron chi connectivity index (χ1n) is 9.02. The van der Waals surface area contributed by atoms with Gasteiger partial charge in [0.2, 0.25) is 5.91 Å². The van der Waals surface area contributed by atoms with E-state index in [-0.39, 0.29) is 18.6 Å². The minimum absolute atomic E-state index is 0.0496. The molecule has 0 spiro atoms. The first-order valence-corrected chi connectivity index (χ1v) is 9.02. The van der Waals surface area contributed by atoms with Crippen LogP contribution in [0.5, 0.6) is 0 Å². The van der Waals surface area contributed by atoms with Gasteiger partial charge in [-0.25, -0.2) is 0 Å². The Morgan fingerprint density at radius 3 is 2.62 bits per heavy atom. The quantitative estimate of drug-likeness (QED) is 0.680.